The minimum atomic E-state index is -2.35. The Morgan fingerprint density at radius 3 is 1.93 bits per heavy atom. The molecule has 146 valence electrons. The van der Waals surface area contributed by atoms with E-state index in [1.54, 1.807) is 0 Å². The highest BCUT2D eigenvalue weighted by molar-refractivity contribution is 6.37. The molecule has 0 saturated heterocycles. The van der Waals surface area contributed by atoms with Crippen LogP contribution in [0.1, 0.15) is 12.5 Å². The maximum atomic E-state index is 14.0. The summed E-state index contributed by atoms with van der Waals surface area (Å²) in [4.78, 5) is 12.5. The van der Waals surface area contributed by atoms with Crippen molar-refractivity contribution in [3.8, 4) is 5.75 Å². The van der Waals surface area contributed by atoms with Crippen LogP contribution in [-0.2, 0) is 4.79 Å². The number of halogens is 7. The van der Waals surface area contributed by atoms with Gasteiger partial charge in [0, 0.05) is 0 Å². The van der Waals surface area contributed by atoms with E-state index in [1.165, 1.54) is 25.1 Å². The second kappa shape index (κ2) is 7.06. The molecule has 11 heteroatoms. The first-order valence-electron chi connectivity index (χ1n) is 7.35. The third-order valence-electron chi connectivity index (χ3n) is 3.81. The fourth-order valence-electron chi connectivity index (χ4n) is 2.45. The first-order valence-corrected chi connectivity index (χ1v) is 8.11. The lowest BCUT2D eigenvalue weighted by atomic mass is 10.1. The molecule has 2 aromatic carbocycles. The van der Waals surface area contributed by atoms with Crippen molar-refractivity contribution in [2.45, 2.75) is 6.92 Å². The third-order valence-corrected chi connectivity index (χ3v) is 4.39. The SMILES string of the molecule is CC1=NN(c2c(F)c(F)c(F)c(F)c2F)C(=O)/C1=C/c1cc(Cl)c(O)c(Cl)c1. The van der Waals surface area contributed by atoms with Gasteiger partial charge < -0.3 is 5.11 Å². The quantitative estimate of drug-likeness (QED) is 0.304. The van der Waals surface area contributed by atoms with Gasteiger partial charge in [0.1, 0.15) is 5.69 Å². The van der Waals surface area contributed by atoms with E-state index in [-0.39, 0.29) is 31.9 Å². The van der Waals surface area contributed by atoms with Gasteiger partial charge >= 0.3 is 0 Å². The molecular weight excluding hydrogens is 430 g/mol. The molecule has 1 aliphatic rings. The molecule has 0 aromatic heterocycles. The summed E-state index contributed by atoms with van der Waals surface area (Å²) in [5, 5.41) is 13.0. The molecule has 0 aliphatic carbocycles. The van der Waals surface area contributed by atoms with Crippen LogP contribution in [0.4, 0.5) is 27.6 Å². The van der Waals surface area contributed by atoms with Gasteiger partial charge in [0.05, 0.1) is 21.3 Å². The fraction of sp³-hybridized carbons (Fsp3) is 0.0588. The molecule has 0 radical (unpaired) electrons. The smallest absolute Gasteiger partial charge is 0.280 e. The zero-order valence-corrected chi connectivity index (χ0v) is 15.1. The molecule has 1 amide bonds. The molecule has 0 atom stereocenters. The van der Waals surface area contributed by atoms with Crippen LogP contribution < -0.4 is 5.01 Å². The number of phenolic OH excluding ortho intramolecular Hbond substituents is 1. The van der Waals surface area contributed by atoms with Gasteiger partial charge in [-0.2, -0.15) is 10.1 Å². The third kappa shape index (κ3) is 3.10. The molecule has 1 N–H and O–H groups in total. The van der Waals surface area contributed by atoms with Crippen molar-refractivity contribution in [3.63, 3.8) is 0 Å². The van der Waals surface area contributed by atoms with Gasteiger partial charge in [-0.05, 0) is 30.7 Å². The summed E-state index contributed by atoms with van der Waals surface area (Å²) in [7, 11) is 0. The van der Waals surface area contributed by atoms with Gasteiger partial charge in [-0.3, -0.25) is 4.79 Å². The van der Waals surface area contributed by atoms with Crippen LogP contribution in [0.2, 0.25) is 10.0 Å². The Labute approximate surface area is 164 Å². The maximum Gasteiger partial charge on any atom is 0.280 e. The van der Waals surface area contributed by atoms with E-state index in [4.69, 9.17) is 23.2 Å². The Bertz CT molecular complexity index is 1050. The Morgan fingerprint density at radius 2 is 1.43 bits per heavy atom. The van der Waals surface area contributed by atoms with E-state index >= 15 is 0 Å². The molecular formula is C17H7Cl2F5N2O2. The van der Waals surface area contributed by atoms with E-state index in [9.17, 15) is 31.9 Å². The average molecular weight is 437 g/mol. The molecule has 0 bridgehead atoms. The van der Waals surface area contributed by atoms with E-state index < -0.39 is 46.4 Å². The van der Waals surface area contributed by atoms with Crippen LogP contribution in [0.3, 0.4) is 0 Å². The number of hydrazone groups is 1. The molecule has 0 fully saturated rings. The molecule has 0 saturated carbocycles. The Hall–Kier alpha value is -2.65. The number of hydrogen-bond donors (Lipinski definition) is 1. The number of anilines is 1. The first-order chi connectivity index (χ1) is 13.0. The number of carbonyl (C=O) groups is 1. The summed E-state index contributed by atoms with van der Waals surface area (Å²) >= 11 is 11.6. The van der Waals surface area contributed by atoms with Crippen molar-refractivity contribution in [2.24, 2.45) is 5.10 Å². The number of aromatic hydroxyl groups is 1. The molecule has 28 heavy (non-hydrogen) atoms. The number of nitrogens with zero attached hydrogens (tertiary/aromatic N) is 2. The van der Waals surface area contributed by atoms with Crippen LogP contribution in [0.25, 0.3) is 6.08 Å². The van der Waals surface area contributed by atoms with Crippen LogP contribution in [0.5, 0.6) is 5.75 Å². The van der Waals surface area contributed by atoms with Crippen molar-refractivity contribution in [2.75, 3.05) is 5.01 Å². The molecule has 4 nitrogen and oxygen atoms in total. The summed E-state index contributed by atoms with van der Waals surface area (Å²) in [5.74, 6) is -12.7. The number of hydrogen-bond acceptors (Lipinski definition) is 3. The number of amides is 1. The number of phenols is 1. The van der Waals surface area contributed by atoms with Crippen LogP contribution in [0.15, 0.2) is 22.8 Å². The summed E-state index contributed by atoms with van der Waals surface area (Å²) < 4.78 is 68.1. The predicted molar refractivity (Wildman–Crippen MR) is 92.9 cm³/mol. The van der Waals surface area contributed by atoms with E-state index in [0.717, 1.165) is 0 Å². The van der Waals surface area contributed by atoms with Gasteiger partial charge in [0.25, 0.3) is 5.91 Å². The number of rotatable bonds is 2. The minimum absolute atomic E-state index is 0.0609. The fourth-order valence-corrected chi connectivity index (χ4v) is 2.95. The Kier molecular flexibility index (Phi) is 5.07. The number of benzene rings is 2. The average Bonchev–Trinajstić information content (AvgIpc) is 2.91. The normalized spacial score (nSPS) is 15.6. The van der Waals surface area contributed by atoms with Gasteiger partial charge in [-0.25, -0.2) is 22.0 Å². The van der Waals surface area contributed by atoms with Gasteiger partial charge in [-0.15, -0.1) is 0 Å². The van der Waals surface area contributed by atoms with Gasteiger partial charge in [-0.1, -0.05) is 23.2 Å². The highest BCUT2D eigenvalue weighted by Crippen LogP contribution is 2.36. The molecule has 2 aromatic rings. The van der Waals surface area contributed by atoms with Gasteiger partial charge in [0.15, 0.2) is 29.0 Å². The lowest BCUT2D eigenvalue weighted by Crippen LogP contribution is -2.25. The minimum Gasteiger partial charge on any atom is -0.505 e. The Morgan fingerprint density at radius 1 is 0.964 bits per heavy atom. The van der Waals surface area contributed by atoms with E-state index in [0.29, 0.717) is 0 Å². The largest absolute Gasteiger partial charge is 0.505 e. The summed E-state index contributed by atoms with van der Waals surface area (Å²) in [6.45, 7) is 1.29. The molecule has 0 unspecified atom stereocenters. The lowest BCUT2D eigenvalue weighted by molar-refractivity contribution is -0.114. The Balaban J connectivity index is 2.11. The standard InChI is InChI=1S/C17H7Cl2F5N2O2/c1-5-7(2-6-3-8(18)16(27)9(19)4-6)17(28)26(25-5)15-13(23)11(21)10(20)12(22)14(15)24/h2-4,27H,1H3/b7-2+. The molecule has 1 heterocycles. The summed E-state index contributed by atoms with van der Waals surface area (Å²) in [5.41, 5.74) is -1.54. The highest BCUT2D eigenvalue weighted by Gasteiger charge is 2.37. The number of carbonyl (C=O) groups excluding carboxylic acids is 1. The van der Waals surface area contributed by atoms with Gasteiger partial charge in [0.2, 0.25) is 5.82 Å². The molecule has 1 aliphatic heterocycles. The second-order valence-electron chi connectivity index (χ2n) is 5.61. The monoisotopic (exact) mass is 436 g/mol. The van der Waals surface area contributed by atoms with Crippen molar-refractivity contribution in [3.05, 3.63) is 62.4 Å². The van der Waals surface area contributed by atoms with E-state index in [1.807, 2.05) is 0 Å². The van der Waals surface area contributed by atoms with Crippen molar-refractivity contribution in [1.82, 2.24) is 0 Å². The van der Waals surface area contributed by atoms with Crippen LogP contribution in [-0.4, -0.2) is 16.7 Å². The van der Waals surface area contributed by atoms with Crippen molar-refractivity contribution in [1.29, 1.82) is 0 Å². The van der Waals surface area contributed by atoms with E-state index in [2.05, 4.69) is 5.10 Å². The zero-order valence-electron chi connectivity index (χ0n) is 13.6. The zero-order chi connectivity index (χ0) is 20.9. The van der Waals surface area contributed by atoms with Crippen LogP contribution >= 0.6 is 23.2 Å². The maximum absolute atomic E-state index is 14.0. The molecule has 3 rings (SSSR count). The molecule has 0 spiro atoms. The second-order valence-corrected chi connectivity index (χ2v) is 6.43. The van der Waals surface area contributed by atoms with Crippen LogP contribution in [0, 0.1) is 29.1 Å². The van der Waals surface area contributed by atoms with Crippen molar-refractivity contribution < 1.29 is 31.9 Å². The summed E-state index contributed by atoms with van der Waals surface area (Å²) in [6.07, 6.45) is 1.18. The first kappa shape index (κ1) is 20.1. The van der Waals surface area contributed by atoms with Crippen molar-refractivity contribution >= 4 is 46.6 Å². The topological polar surface area (TPSA) is 52.9 Å². The lowest BCUT2D eigenvalue weighted by Gasteiger charge is -2.15. The highest BCUT2D eigenvalue weighted by atomic mass is 35.5. The predicted octanol–water partition coefficient (Wildman–Crippen LogP) is 5.20. The summed E-state index contributed by atoms with van der Waals surface area (Å²) in [6, 6.07) is 2.49.